The third-order valence-corrected chi connectivity index (χ3v) is 4.52. The van der Waals surface area contributed by atoms with Crippen LogP contribution in [0, 0.1) is 5.41 Å². The summed E-state index contributed by atoms with van der Waals surface area (Å²) in [6, 6.07) is 10.3. The first-order chi connectivity index (χ1) is 9.12. The van der Waals surface area contributed by atoms with E-state index in [0.717, 1.165) is 34.1 Å². The van der Waals surface area contributed by atoms with Crippen LogP contribution in [0.25, 0.3) is 10.9 Å². The summed E-state index contributed by atoms with van der Waals surface area (Å²) in [5, 5.41) is 5.51. The van der Waals surface area contributed by atoms with Crippen LogP contribution in [0.5, 0.6) is 0 Å². The molecule has 1 aliphatic heterocycles. The maximum absolute atomic E-state index is 4.60. The van der Waals surface area contributed by atoms with Gasteiger partial charge in [-0.2, -0.15) is 0 Å². The molecule has 1 N–H and O–H groups in total. The number of nitrogens with zero attached hydrogens (tertiary/aromatic N) is 2. The second-order valence-corrected chi connectivity index (χ2v) is 6.58. The molecular formula is C15H17N3S. The summed E-state index contributed by atoms with van der Waals surface area (Å²) in [6.07, 6.45) is 1.87. The van der Waals surface area contributed by atoms with Crippen LogP contribution >= 0.6 is 11.8 Å². The number of hydrogen-bond acceptors (Lipinski definition) is 4. The minimum absolute atomic E-state index is 0.303. The highest BCUT2D eigenvalue weighted by molar-refractivity contribution is 8.14. The Balaban J connectivity index is 1.80. The number of aliphatic imine (C=N–C) groups is 1. The summed E-state index contributed by atoms with van der Waals surface area (Å²) in [7, 11) is 0. The molecule has 1 aromatic carbocycles. The van der Waals surface area contributed by atoms with Crippen molar-refractivity contribution in [3.63, 3.8) is 0 Å². The van der Waals surface area contributed by atoms with E-state index in [0.29, 0.717) is 5.41 Å². The van der Waals surface area contributed by atoms with E-state index in [1.54, 1.807) is 11.8 Å². The molecule has 1 aliphatic rings. The summed E-state index contributed by atoms with van der Waals surface area (Å²) in [6.45, 7) is 5.37. The fourth-order valence-electron chi connectivity index (χ4n) is 1.98. The Kier molecular flexibility index (Phi) is 3.19. The molecular weight excluding hydrogens is 254 g/mol. The number of rotatable bonds is 1. The lowest BCUT2D eigenvalue weighted by Gasteiger charge is -2.27. The van der Waals surface area contributed by atoms with Gasteiger partial charge in [-0.15, -0.1) is 0 Å². The molecule has 3 nitrogen and oxygen atoms in total. The standard InChI is InChI=1S/C15H17N3S/c1-15(2)9-17-14(19-10-15)18-12-7-11-5-3-4-6-13(11)16-8-12/h3-8H,9-10H2,1-2H3,(H,17,18). The summed E-state index contributed by atoms with van der Waals surface area (Å²) in [4.78, 5) is 9.05. The van der Waals surface area contributed by atoms with Gasteiger partial charge in [-0.05, 0) is 17.5 Å². The summed E-state index contributed by atoms with van der Waals surface area (Å²) >= 11 is 1.78. The predicted molar refractivity (Wildman–Crippen MR) is 83.9 cm³/mol. The van der Waals surface area contributed by atoms with Crippen LogP contribution in [0.1, 0.15) is 13.8 Å². The quantitative estimate of drug-likeness (QED) is 0.857. The van der Waals surface area contributed by atoms with Crippen LogP contribution in [-0.4, -0.2) is 22.4 Å². The van der Waals surface area contributed by atoms with Crippen molar-refractivity contribution >= 4 is 33.5 Å². The van der Waals surface area contributed by atoms with Crippen molar-refractivity contribution in [1.29, 1.82) is 0 Å². The number of hydrogen-bond donors (Lipinski definition) is 1. The van der Waals surface area contributed by atoms with E-state index in [9.17, 15) is 0 Å². The molecule has 0 amide bonds. The molecule has 3 rings (SSSR count). The Bertz CT molecular complexity index is 634. The van der Waals surface area contributed by atoms with Gasteiger partial charge in [0.15, 0.2) is 5.17 Å². The summed E-state index contributed by atoms with van der Waals surface area (Å²) in [5.41, 5.74) is 2.33. The van der Waals surface area contributed by atoms with Gasteiger partial charge in [0, 0.05) is 17.7 Å². The molecule has 0 fully saturated rings. The van der Waals surface area contributed by atoms with E-state index < -0.39 is 0 Å². The van der Waals surface area contributed by atoms with Crippen molar-refractivity contribution in [1.82, 2.24) is 4.98 Å². The van der Waals surface area contributed by atoms with Gasteiger partial charge in [-0.25, -0.2) is 0 Å². The highest BCUT2D eigenvalue weighted by Gasteiger charge is 2.23. The average molecular weight is 271 g/mol. The van der Waals surface area contributed by atoms with E-state index in [4.69, 9.17) is 0 Å². The zero-order valence-electron chi connectivity index (χ0n) is 11.2. The van der Waals surface area contributed by atoms with E-state index in [1.807, 2.05) is 24.4 Å². The molecule has 0 atom stereocenters. The van der Waals surface area contributed by atoms with Crippen molar-refractivity contribution in [2.24, 2.45) is 10.4 Å². The van der Waals surface area contributed by atoms with Gasteiger partial charge in [0.1, 0.15) is 0 Å². The number of fused-ring (bicyclic) bond motifs is 1. The lowest BCUT2D eigenvalue weighted by atomic mass is 9.97. The third kappa shape index (κ3) is 2.89. The second kappa shape index (κ2) is 4.85. The molecule has 2 heterocycles. The Morgan fingerprint density at radius 1 is 1.26 bits per heavy atom. The number of nitrogens with one attached hydrogen (secondary N) is 1. The van der Waals surface area contributed by atoms with Gasteiger partial charge < -0.3 is 5.32 Å². The van der Waals surface area contributed by atoms with Crippen molar-refractivity contribution in [3.8, 4) is 0 Å². The summed E-state index contributed by atoms with van der Waals surface area (Å²) in [5.74, 6) is 1.10. The van der Waals surface area contributed by atoms with Gasteiger partial charge in [0.25, 0.3) is 0 Å². The van der Waals surface area contributed by atoms with Gasteiger partial charge in [0.2, 0.25) is 0 Å². The van der Waals surface area contributed by atoms with Crippen LogP contribution in [-0.2, 0) is 0 Å². The highest BCUT2D eigenvalue weighted by atomic mass is 32.2. The molecule has 98 valence electrons. The smallest absolute Gasteiger partial charge is 0.161 e. The maximum Gasteiger partial charge on any atom is 0.161 e. The zero-order chi connectivity index (χ0) is 13.3. The number of anilines is 1. The van der Waals surface area contributed by atoms with Gasteiger partial charge in [-0.3, -0.25) is 9.98 Å². The maximum atomic E-state index is 4.60. The van der Waals surface area contributed by atoms with Crippen molar-refractivity contribution < 1.29 is 0 Å². The number of para-hydroxylation sites is 1. The minimum atomic E-state index is 0.303. The monoisotopic (exact) mass is 271 g/mol. The van der Waals surface area contributed by atoms with E-state index in [2.05, 4.69) is 41.3 Å². The molecule has 0 spiro atoms. The molecule has 4 heteroatoms. The van der Waals surface area contributed by atoms with Crippen molar-refractivity contribution in [2.75, 3.05) is 17.6 Å². The first-order valence-electron chi connectivity index (χ1n) is 6.41. The second-order valence-electron chi connectivity index (χ2n) is 5.62. The predicted octanol–water partition coefficient (Wildman–Crippen LogP) is 3.78. The van der Waals surface area contributed by atoms with Gasteiger partial charge >= 0.3 is 0 Å². The first kappa shape index (κ1) is 12.5. The van der Waals surface area contributed by atoms with Gasteiger partial charge in [-0.1, -0.05) is 43.8 Å². The van der Waals surface area contributed by atoms with Crippen molar-refractivity contribution in [3.05, 3.63) is 36.5 Å². The zero-order valence-corrected chi connectivity index (χ0v) is 12.0. The number of aromatic nitrogens is 1. The highest BCUT2D eigenvalue weighted by Crippen LogP contribution is 2.28. The van der Waals surface area contributed by atoms with Crippen LogP contribution in [0.4, 0.5) is 5.69 Å². The number of amidine groups is 1. The number of pyridine rings is 1. The first-order valence-corrected chi connectivity index (χ1v) is 7.40. The Hall–Kier alpha value is -1.55. The Morgan fingerprint density at radius 3 is 2.89 bits per heavy atom. The SMILES string of the molecule is CC1(C)CN=C(Nc2cnc3ccccc3c2)SC1. The minimum Gasteiger partial charge on any atom is -0.334 e. The Labute approximate surface area is 117 Å². The summed E-state index contributed by atoms with van der Waals surface area (Å²) < 4.78 is 0. The molecule has 0 radical (unpaired) electrons. The number of thioether (sulfide) groups is 1. The largest absolute Gasteiger partial charge is 0.334 e. The van der Waals surface area contributed by atoms with Crippen LogP contribution in [0.2, 0.25) is 0 Å². The molecule has 0 unspecified atom stereocenters. The molecule has 1 aromatic heterocycles. The number of benzene rings is 1. The van der Waals surface area contributed by atoms with Gasteiger partial charge in [0.05, 0.1) is 17.4 Å². The van der Waals surface area contributed by atoms with E-state index in [-0.39, 0.29) is 0 Å². The molecule has 2 aromatic rings. The van der Waals surface area contributed by atoms with Crippen molar-refractivity contribution in [2.45, 2.75) is 13.8 Å². The lowest BCUT2D eigenvalue weighted by molar-refractivity contribution is 0.438. The lowest BCUT2D eigenvalue weighted by Crippen LogP contribution is -2.27. The molecule has 0 saturated carbocycles. The fourth-order valence-corrected chi connectivity index (χ4v) is 2.94. The average Bonchev–Trinajstić information content (AvgIpc) is 2.41. The Morgan fingerprint density at radius 2 is 2.11 bits per heavy atom. The molecule has 0 saturated heterocycles. The van der Waals surface area contributed by atoms with Crippen LogP contribution in [0.3, 0.4) is 0 Å². The third-order valence-electron chi connectivity index (χ3n) is 3.09. The van der Waals surface area contributed by atoms with Crippen LogP contribution < -0.4 is 5.32 Å². The topological polar surface area (TPSA) is 37.3 Å². The van der Waals surface area contributed by atoms with Crippen LogP contribution in [0.15, 0.2) is 41.5 Å². The fraction of sp³-hybridized carbons (Fsp3) is 0.333. The normalized spacial score (nSPS) is 18.1. The molecule has 19 heavy (non-hydrogen) atoms. The molecule has 0 bridgehead atoms. The molecule has 0 aliphatic carbocycles. The van der Waals surface area contributed by atoms with E-state index >= 15 is 0 Å². The van der Waals surface area contributed by atoms with E-state index in [1.165, 1.54) is 0 Å².